The Bertz CT molecular complexity index is 588. The number of aliphatic hydroxyl groups excluding tert-OH is 1. The summed E-state index contributed by atoms with van der Waals surface area (Å²) in [4.78, 5) is 23.6. The number of aromatic carboxylic acids is 1. The number of carbonyl (C=O) groups excluding carboxylic acids is 1. The Morgan fingerprint density at radius 1 is 1.35 bits per heavy atom. The summed E-state index contributed by atoms with van der Waals surface area (Å²) in [6.45, 7) is 2.54. The molecule has 1 aliphatic heterocycles. The summed E-state index contributed by atoms with van der Waals surface area (Å²) >= 11 is 1.21. The number of amides is 1. The molecule has 3 atom stereocenters. The molecule has 0 saturated carbocycles. The van der Waals surface area contributed by atoms with E-state index in [1.807, 2.05) is 0 Å². The molecule has 2 heterocycles. The van der Waals surface area contributed by atoms with Crippen LogP contribution < -0.4 is 5.32 Å². The van der Waals surface area contributed by atoms with Crippen LogP contribution in [0.2, 0.25) is 0 Å². The molecule has 1 unspecified atom stereocenters. The standard InChI is InChI=1S/C19H29NO5S/c1-2-3-4-5-14(21)7-8-15(16-9-10-17(26-16)19(23)24)25-12-13-6-11-18(22)20-13/h9-10,13-15,21H,2-8,11-12H2,1H3,(H,20,22)(H,23,24)/t13-,14+,15?/m1/s1. The van der Waals surface area contributed by atoms with Crippen molar-refractivity contribution in [2.45, 2.75) is 76.5 Å². The maximum absolute atomic E-state index is 11.3. The van der Waals surface area contributed by atoms with Crippen molar-refractivity contribution in [3.05, 3.63) is 21.9 Å². The van der Waals surface area contributed by atoms with E-state index in [1.165, 1.54) is 11.3 Å². The maximum Gasteiger partial charge on any atom is 0.345 e. The SMILES string of the molecule is CCCCC[C@H](O)CCC(OC[C@H]1CCC(=O)N1)c1ccc(C(=O)O)s1. The molecule has 0 bridgehead atoms. The highest BCUT2D eigenvalue weighted by Crippen LogP contribution is 2.31. The predicted octanol–water partition coefficient (Wildman–Crippen LogP) is 3.50. The van der Waals surface area contributed by atoms with Crippen molar-refractivity contribution in [3.8, 4) is 0 Å². The molecule has 6 nitrogen and oxygen atoms in total. The minimum Gasteiger partial charge on any atom is -0.477 e. The van der Waals surface area contributed by atoms with Gasteiger partial charge in [0.15, 0.2) is 0 Å². The molecule has 1 amide bonds. The van der Waals surface area contributed by atoms with Crippen LogP contribution in [-0.2, 0) is 9.53 Å². The third-order valence-electron chi connectivity index (χ3n) is 4.64. The lowest BCUT2D eigenvalue weighted by Gasteiger charge is -2.21. The van der Waals surface area contributed by atoms with Gasteiger partial charge in [-0.15, -0.1) is 11.3 Å². The van der Waals surface area contributed by atoms with Crippen molar-refractivity contribution < 1.29 is 24.5 Å². The largest absolute Gasteiger partial charge is 0.477 e. The summed E-state index contributed by atoms with van der Waals surface area (Å²) in [7, 11) is 0. The molecule has 146 valence electrons. The quantitative estimate of drug-likeness (QED) is 0.480. The number of ether oxygens (including phenoxy) is 1. The van der Waals surface area contributed by atoms with Crippen molar-refractivity contribution in [2.24, 2.45) is 0 Å². The van der Waals surface area contributed by atoms with Crippen LogP contribution in [0.25, 0.3) is 0 Å². The Morgan fingerprint density at radius 3 is 2.77 bits per heavy atom. The van der Waals surface area contributed by atoms with E-state index in [9.17, 15) is 14.7 Å². The number of nitrogens with one attached hydrogen (secondary N) is 1. The van der Waals surface area contributed by atoms with E-state index in [0.29, 0.717) is 25.9 Å². The average molecular weight is 384 g/mol. The van der Waals surface area contributed by atoms with Gasteiger partial charge < -0.3 is 20.3 Å². The van der Waals surface area contributed by atoms with Gasteiger partial charge in [0.25, 0.3) is 0 Å². The summed E-state index contributed by atoms with van der Waals surface area (Å²) in [5.74, 6) is -0.895. The molecule has 1 aromatic heterocycles. The number of rotatable bonds is 12. The summed E-state index contributed by atoms with van der Waals surface area (Å²) < 4.78 is 6.02. The zero-order chi connectivity index (χ0) is 18.9. The second-order valence-electron chi connectivity index (χ2n) is 6.86. The molecule has 3 N–H and O–H groups in total. The molecule has 1 saturated heterocycles. The number of aliphatic hydroxyl groups is 1. The minimum absolute atomic E-state index is 0.0124. The van der Waals surface area contributed by atoms with Crippen LogP contribution in [0.3, 0.4) is 0 Å². The minimum atomic E-state index is -0.942. The molecule has 1 fully saturated rings. The van der Waals surface area contributed by atoms with Crippen molar-refractivity contribution in [3.63, 3.8) is 0 Å². The van der Waals surface area contributed by atoms with Gasteiger partial charge in [-0.05, 0) is 37.8 Å². The highest BCUT2D eigenvalue weighted by Gasteiger charge is 2.24. The topological polar surface area (TPSA) is 95.9 Å². The van der Waals surface area contributed by atoms with Gasteiger partial charge in [-0.25, -0.2) is 4.79 Å². The van der Waals surface area contributed by atoms with Crippen LogP contribution in [0.4, 0.5) is 0 Å². The number of carbonyl (C=O) groups is 2. The number of carboxylic acid groups (broad SMARTS) is 1. The molecule has 1 aliphatic rings. The number of carboxylic acids is 1. The zero-order valence-electron chi connectivity index (χ0n) is 15.3. The van der Waals surface area contributed by atoms with E-state index in [1.54, 1.807) is 12.1 Å². The first kappa shape index (κ1) is 20.9. The average Bonchev–Trinajstić information content (AvgIpc) is 3.24. The van der Waals surface area contributed by atoms with E-state index in [0.717, 1.165) is 37.0 Å². The highest BCUT2D eigenvalue weighted by molar-refractivity contribution is 7.14. The first-order valence-corrected chi connectivity index (χ1v) is 10.2. The summed E-state index contributed by atoms with van der Waals surface area (Å²) in [6, 6.07) is 3.39. The molecular formula is C19H29NO5S. The van der Waals surface area contributed by atoms with Crippen molar-refractivity contribution in [2.75, 3.05) is 6.61 Å². The summed E-state index contributed by atoms with van der Waals surface area (Å²) in [5.41, 5.74) is 0. The molecule has 0 aromatic carbocycles. The van der Waals surface area contributed by atoms with Crippen molar-refractivity contribution in [1.29, 1.82) is 0 Å². The molecule has 26 heavy (non-hydrogen) atoms. The Balaban J connectivity index is 1.91. The van der Waals surface area contributed by atoms with Crippen LogP contribution in [0.1, 0.15) is 78.9 Å². The fourth-order valence-corrected chi connectivity index (χ4v) is 4.03. The van der Waals surface area contributed by atoms with Crippen LogP contribution in [0, 0.1) is 0 Å². The molecule has 0 radical (unpaired) electrons. The number of hydrogen-bond acceptors (Lipinski definition) is 5. The molecule has 2 rings (SSSR count). The van der Waals surface area contributed by atoms with Crippen LogP contribution in [0.5, 0.6) is 0 Å². The third-order valence-corrected chi connectivity index (χ3v) is 5.81. The lowest BCUT2D eigenvalue weighted by Crippen LogP contribution is -2.30. The Labute approximate surface area is 158 Å². The van der Waals surface area contributed by atoms with E-state index in [4.69, 9.17) is 9.84 Å². The summed E-state index contributed by atoms with van der Waals surface area (Å²) in [6.07, 6.45) is 5.95. The van der Waals surface area contributed by atoms with Gasteiger partial charge in [-0.2, -0.15) is 0 Å². The number of thiophene rings is 1. The molecule has 0 aliphatic carbocycles. The monoisotopic (exact) mass is 383 g/mol. The van der Waals surface area contributed by atoms with Crippen LogP contribution in [0.15, 0.2) is 12.1 Å². The van der Waals surface area contributed by atoms with E-state index < -0.39 is 5.97 Å². The van der Waals surface area contributed by atoms with Crippen molar-refractivity contribution in [1.82, 2.24) is 5.32 Å². The molecule has 0 spiro atoms. The van der Waals surface area contributed by atoms with Gasteiger partial charge in [0, 0.05) is 11.3 Å². The van der Waals surface area contributed by atoms with Gasteiger partial charge in [-0.3, -0.25) is 4.79 Å². The number of unbranched alkanes of at least 4 members (excludes halogenated alkanes) is 2. The maximum atomic E-state index is 11.3. The number of hydrogen-bond donors (Lipinski definition) is 3. The van der Waals surface area contributed by atoms with Gasteiger partial charge in [-0.1, -0.05) is 26.2 Å². The van der Waals surface area contributed by atoms with Gasteiger partial charge in [0.2, 0.25) is 5.91 Å². The van der Waals surface area contributed by atoms with Crippen molar-refractivity contribution >= 4 is 23.2 Å². The fraction of sp³-hybridized carbons (Fsp3) is 0.684. The van der Waals surface area contributed by atoms with Crippen LogP contribution in [-0.4, -0.2) is 40.8 Å². The van der Waals surface area contributed by atoms with Gasteiger partial charge in [0.05, 0.1) is 24.9 Å². The van der Waals surface area contributed by atoms with Gasteiger partial charge >= 0.3 is 5.97 Å². The Morgan fingerprint density at radius 2 is 2.15 bits per heavy atom. The molecule has 1 aromatic rings. The smallest absolute Gasteiger partial charge is 0.345 e. The molecular weight excluding hydrogens is 354 g/mol. The second-order valence-corrected chi connectivity index (χ2v) is 7.97. The Hall–Kier alpha value is -1.44. The van der Waals surface area contributed by atoms with E-state index in [-0.39, 0.29) is 29.0 Å². The van der Waals surface area contributed by atoms with Gasteiger partial charge in [0.1, 0.15) is 4.88 Å². The lowest BCUT2D eigenvalue weighted by atomic mass is 10.0. The first-order valence-electron chi connectivity index (χ1n) is 9.41. The predicted molar refractivity (Wildman–Crippen MR) is 101 cm³/mol. The Kier molecular flexibility index (Phi) is 8.54. The molecule has 7 heteroatoms. The van der Waals surface area contributed by atoms with Crippen LogP contribution >= 0.6 is 11.3 Å². The second kappa shape index (κ2) is 10.6. The zero-order valence-corrected chi connectivity index (χ0v) is 16.1. The summed E-state index contributed by atoms with van der Waals surface area (Å²) in [5, 5.41) is 22.2. The lowest BCUT2D eigenvalue weighted by molar-refractivity contribution is -0.119. The van der Waals surface area contributed by atoms with E-state index in [2.05, 4.69) is 12.2 Å². The van der Waals surface area contributed by atoms with E-state index >= 15 is 0 Å². The third kappa shape index (κ3) is 6.70. The highest BCUT2D eigenvalue weighted by atomic mass is 32.1. The first-order chi connectivity index (χ1) is 12.5. The normalized spacial score (nSPS) is 19.3. The fourth-order valence-electron chi connectivity index (χ4n) is 3.10.